The molecular formula is C16H17BrFN. The van der Waals surface area contributed by atoms with Crippen molar-refractivity contribution in [1.29, 1.82) is 0 Å². The SMILES string of the molecule is CNC(Cc1cccc(F)c1)c1cc(C)cc(Br)c1. The van der Waals surface area contributed by atoms with Crippen LogP contribution in [0.4, 0.5) is 4.39 Å². The highest BCUT2D eigenvalue weighted by Crippen LogP contribution is 2.23. The number of hydrogen-bond acceptors (Lipinski definition) is 1. The fourth-order valence-electron chi connectivity index (χ4n) is 2.25. The van der Waals surface area contributed by atoms with E-state index in [4.69, 9.17) is 0 Å². The molecule has 0 aliphatic heterocycles. The Kier molecular flexibility index (Phi) is 4.72. The Morgan fingerprint density at radius 2 is 2.00 bits per heavy atom. The molecule has 0 fully saturated rings. The topological polar surface area (TPSA) is 12.0 Å². The fourth-order valence-corrected chi connectivity index (χ4v) is 2.88. The quantitative estimate of drug-likeness (QED) is 0.880. The standard InChI is InChI=1S/C16H17BrFN/c1-11-6-13(10-14(17)7-11)16(19-2)9-12-4-3-5-15(18)8-12/h3-8,10,16,19H,9H2,1-2H3. The van der Waals surface area contributed by atoms with Crippen LogP contribution in [0.1, 0.15) is 22.7 Å². The minimum Gasteiger partial charge on any atom is -0.313 e. The highest BCUT2D eigenvalue weighted by Gasteiger charge is 2.11. The summed E-state index contributed by atoms with van der Waals surface area (Å²) in [7, 11) is 1.93. The van der Waals surface area contributed by atoms with E-state index >= 15 is 0 Å². The van der Waals surface area contributed by atoms with E-state index in [0.29, 0.717) is 0 Å². The van der Waals surface area contributed by atoms with Crippen molar-refractivity contribution < 1.29 is 4.39 Å². The van der Waals surface area contributed by atoms with Gasteiger partial charge in [-0.15, -0.1) is 0 Å². The van der Waals surface area contributed by atoms with Gasteiger partial charge in [0.25, 0.3) is 0 Å². The Balaban J connectivity index is 2.24. The van der Waals surface area contributed by atoms with Gasteiger partial charge in [-0.1, -0.05) is 34.1 Å². The second-order valence-corrected chi connectivity index (χ2v) is 5.65. The van der Waals surface area contributed by atoms with Crippen molar-refractivity contribution in [2.45, 2.75) is 19.4 Å². The number of likely N-dealkylation sites (N-methyl/N-ethyl adjacent to an activating group) is 1. The predicted molar refractivity (Wildman–Crippen MR) is 80.8 cm³/mol. The maximum atomic E-state index is 13.2. The molecule has 0 bridgehead atoms. The third-order valence-electron chi connectivity index (χ3n) is 3.14. The molecule has 3 heteroatoms. The second-order valence-electron chi connectivity index (χ2n) is 4.74. The summed E-state index contributed by atoms with van der Waals surface area (Å²) in [6.07, 6.45) is 0.768. The van der Waals surface area contributed by atoms with Gasteiger partial charge in [0, 0.05) is 10.5 Å². The smallest absolute Gasteiger partial charge is 0.123 e. The molecule has 1 atom stereocenters. The summed E-state index contributed by atoms with van der Waals surface area (Å²) in [5, 5.41) is 3.30. The van der Waals surface area contributed by atoms with E-state index in [2.05, 4.69) is 46.4 Å². The van der Waals surface area contributed by atoms with Gasteiger partial charge in [-0.2, -0.15) is 0 Å². The van der Waals surface area contributed by atoms with Gasteiger partial charge in [0.15, 0.2) is 0 Å². The molecule has 0 saturated carbocycles. The first-order chi connectivity index (χ1) is 9.08. The van der Waals surface area contributed by atoms with Crippen molar-refractivity contribution in [3.05, 3.63) is 69.4 Å². The largest absolute Gasteiger partial charge is 0.313 e. The average Bonchev–Trinajstić information content (AvgIpc) is 2.34. The number of nitrogens with one attached hydrogen (secondary N) is 1. The lowest BCUT2D eigenvalue weighted by Crippen LogP contribution is -2.19. The number of aryl methyl sites for hydroxylation is 1. The zero-order valence-corrected chi connectivity index (χ0v) is 12.7. The molecule has 0 aliphatic rings. The van der Waals surface area contributed by atoms with Crippen LogP contribution in [0.15, 0.2) is 46.9 Å². The molecule has 1 nitrogen and oxygen atoms in total. The van der Waals surface area contributed by atoms with Gasteiger partial charge in [-0.25, -0.2) is 4.39 Å². The Hall–Kier alpha value is -1.19. The van der Waals surface area contributed by atoms with E-state index in [1.807, 2.05) is 13.1 Å². The van der Waals surface area contributed by atoms with Crippen LogP contribution in [-0.2, 0) is 6.42 Å². The minimum absolute atomic E-state index is 0.179. The monoisotopic (exact) mass is 321 g/mol. The van der Waals surface area contributed by atoms with E-state index in [-0.39, 0.29) is 11.9 Å². The minimum atomic E-state index is -0.183. The number of halogens is 2. The third kappa shape index (κ3) is 3.88. The Morgan fingerprint density at radius 1 is 1.21 bits per heavy atom. The molecule has 100 valence electrons. The van der Waals surface area contributed by atoms with Crippen LogP contribution in [0.5, 0.6) is 0 Å². The first kappa shape index (κ1) is 14.2. The van der Waals surface area contributed by atoms with Gasteiger partial charge in [-0.05, 0) is 61.3 Å². The average molecular weight is 322 g/mol. The fraction of sp³-hybridized carbons (Fsp3) is 0.250. The molecule has 2 aromatic rings. The first-order valence-corrected chi connectivity index (χ1v) is 7.06. The van der Waals surface area contributed by atoms with Crippen molar-refractivity contribution >= 4 is 15.9 Å². The summed E-state index contributed by atoms with van der Waals surface area (Å²) in [5.74, 6) is -0.183. The Labute approximate surface area is 122 Å². The number of rotatable bonds is 4. The Morgan fingerprint density at radius 3 is 2.63 bits per heavy atom. The van der Waals surface area contributed by atoms with E-state index < -0.39 is 0 Å². The number of benzene rings is 2. The van der Waals surface area contributed by atoms with Crippen molar-refractivity contribution in [2.24, 2.45) is 0 Å². The molecule has 0 heterocycles. The van der Waals surface area contributed by atoms with Crippen LogP contribution in [0.3, 0.4) is 0 Å². The van der Waals surface area contributed by atoms with Crippen LogP contribution >= 0.6 is 15.9 Å². The summed E-state index contributed by atoms with van der Waals surface area (Å²) in [5.41, 5.74) is 3.42. The van der Waals surface area contributed by atoms with Gasteiger partial charge in [0.05, 0.1) is 0 Å². The van der Waals surface area contributed by atoms with Crippen molar-refractivity contribution in [3.8, 4) is 0 Å². The van der Waals surface area contributed by atoms with Crippen LogP contribution < -0.4 is 5.32 Å². The molecule has 1 N–H and O–H groups in total. The van der Waals surface area contributed by atoms with Crippen LogP contribution in [0.25, 0.3) is 0 Å². The molecule has 19 heavy (non-hydrogen) atoms. The highest BCUT2D eigenvalue weighted by atomic mass is 79.9. The highest BCUT2D eigenvalue weighted by molar-refractivity contribution is 9.10. The van der Waals surface area contributed by atoms with Crippen molar-refractivity contribution in [3.63, 3.8) is 0 Å². The lowest BCUT2D eigenvalue weighted by molar-refractivity contribution is 0.583. The predicted octanol–water partition coefficient (Wildman–Crippen LogP) is 4.40. The second kappa shape index (κ2) is 6.31. The van der Waals surface area contributed by atoms with Gasteiger partial charge >= 0.3 is 0 Å². The molecule has 0 aliphatic carbocycles. The number of hydrogen-bond donors (Lipinski definition) is 1. The van der Waals surface area contributed by atoms with Gasteiger partial charge < -0.3 is 5.32 Å². The van der Waals surface area contributed by atoms with Crippen LogP contribution in [-0.4, -0.2) is 7.05 Å². The van der Waals surface area contributed by atoms with Crippen LogP contribution in [0.2, 0.25) is 0 Å². The lowest BCUT2D eigenvalue weighted by Gasteiger charge is -2.18. The van der Waals surface area contributed by atoms with E-state index in [1.165, 1.54) is 17.2 Å². The van der Waals surface area contributed by atoms with Gasteiger partial charge in [-0.3, -0.25) is 0 Å². The van der Waals surface area contributed by atoms with Crippen molar-refractivity contribution in [2.75, 3.05) is 7.05 Å². The molecule has 0 aromatic heterocycles. The van der Waals surface area contributed by atoms with Crippen LogP contribution in [0, 0.1) is 12.7 Å². The molecule has 2 aromatic carbocycles. The maximum Gasteiger partial charge on any atom is 0.123 e. The van der Waals surface area contributed by atoms with E-state index in [9.17, 15) is 4.39 Å². The molecule has 0 saturated heterocycles. The molecule has 0 amide bonds. The summed E-state index contributed by atoms with van der Waals surface area (Å²) >= 11 is 3.52. The Bertz CT molecular complexity index is 548. The summed E-state index contributed by atoms with van der Waals surface area (Å²) in [6.45, 7) is 2.07. The molecule has 1 unspecified atom stereocenters. The normalized spacial score (nSPS) is 12.4. The first-order valence-electron chi connectivity index (χ1n) is 6.27. The third-order valence-corrected chi connectivity index (χ3v) is 3.60. The summed E-state index contributed by atoms with van der Waals surface area (Å²) < 4.78 is 14.3. The van der Waals surface area contributed by atoms with E-state index in [1.54, 1.807) is 12.1 Å². The zero-order valence-electron chi connectivity index (χ0n) is 11.1. The molecule has 0 spiro atoms. The maximum absolute atomic E-state index is 13.2. The molecule has 2 rings (SSSR count). The zero-order chi connectivity index (χ0) is 13.8. The lowest BCUT2D eigenvalue weighted by atomic mass is 9.98. The molecule has 0 radical (unpaired) electrons. The van der Waals surface area contributed by atoms with Gasteiger partial charge in [0.2, 0.25) is 0 Å². The molecular weight excluding hydrogens is 305 g/mol. The summed E-state index contributed by atoms with van der Waals surface area (Å²) in [4.78, 5) is 0. The van der Waals surface area contributed by atoms with Gasteiger partial charge in [0.1, 0.15) is 5.82 Å². The summed E-state index contributed by atoms with van der Waals surface area (Å²) in [6, 6.07) is 13.3. The van der Waals surface area contributed by atoms with E-state index in [0.717, 1.165) is 16.5 Å². The van der Waals surface area contributed by atoms with Crippen molar-refractivity contribution in [1.82, 2.24) is 5.32 Å².